The molecule has 0 spiro atoms. The zero-order chi connectivity index (χ0) is 21.4. The molecule has 1 aromatic heterocycles. The summed E-state index contributed by atoms with van der Waals surface area (Å²) in [5.41, 5.74) is 1.17. The van der Waals surface area contributed by atoms with Gasteiger partial charge in [0.25, 0.3) is 5.56 Å². The van der Waals surface area contributed by atoms with Crippen LogP contribution in [0, 0.1) is 12.8 Å². The van der Waals surface area contributed by atoms with Gasteiger partial charge >= 0.3 is 0 Å². The number of fused-ring (bicyclic) bond motifs is 1. The molecular formula is C21H24ClN5O3. The summed E-state index contributed by atoms with van der Waals surface area (Å²) in [5.74, 6) is -0.504. The van der Waals surface area contributed by atoms with Crippen molar-refractivity contribution in [3.05, 3.63) is 44.7 Å². The van der Waals surface area contributed by atoms with Gasteiger partial charge in [0.15, 0.2) is 0 Å². The first-order valence-electron chi connectivity index (χ1n) is 10.1. The molecule has 2 amide bonds. The third-order valence-corrected chi connectivity index (χ3v) is 6.18. The molecule has 0 bridgehead atoms. The number of halogens is 1. The van der Waals surface area contributed by atoms with Crippen LogP contribution in [0.25, 0.3) is 0 Å². The molecule has 4 rings (SSSR count). The number of piperidine rings is 1. The number of carbonyl (C=O) groups is 2. The van der Waals surface area contributed by atoms with Crippen LogP contribution in [0.5, 0.6) is 0 Å². The first-order chi connectivity index (χ1) is 14.3. The number of hydrogen-bond acceptors (Lipinski definition) is 5. The fourth-order valence-electron chi connectivity index (χ4n) is 3.85. The van der Waals surface area contributed by atoms with Crippen LogP contribution in [-0.4, -0.2) is 34.9 Å². The second-order valence-corrected chi connectivity index (χ2v) is 8.49. The third kappa shape index (κ3) is 4.05. The number of nitrogens with zero attached hydrogens (tertiary/aromatic N) is 2. The van der Waals surface area contributed by atoms with Crippen LogP contribution in [-0.2, 0) is 9.59 Å². The molecule has 1 atom stereocenters. The van der Waals surface area contributed by atoms with Crippen molar-refractivity contribution >= 4 is 40.9 Å². The largest absolute Gasteiger partial charge is 0.342 e. The Morgan fingerprint density at radius 2 is 2.00 bits per heavy atom. The van der Waals surface area contributed by atoms with Gasteiger partial charge in [-0.25, -0.2) is 0 Å². The van der Waals surface area contributed by atoms with E-state index in [-0.39, 0.29) is 23.7 Å². The Hall–Kier alpha value is -2.87. The second-order valence-electron chi connectivity index (χ2n) is 8.08. The molecule has 8 nitrogen and oxygen atoms in total. The van der Waals surface area contributed by atoms with Gasteiger partial charge in [0.05, 0.1) is 11.5 Å². The summed E-state index contributed by atoms with van der Waals surface area (Å²) in [7, 11) is 0. The number of carbonyl (C=O) groups excluding carboxylic acids is 2. The van der Waals surface area contributed by atoms with Crippen LogP contribution in [0.1, 0.15) is 43.2 Å². The van der Waals surface area contributed by atoms with E-state index in [1.165, 1.54) is 0 Å². The zero-order valence-corrected chi connectivity index (χ0v) is 17.7. The Morgan fingerprint density at radius 3 is 2.70 bits per heavy atom. The molecule has 0 saturated carbocycles. The standard InChI is InChI=1S/C21H24ClN5O3/c1-11-5-7-27(8-6-11)21-25-18-17(20(30)26-21)14(10-16(28)24-18)19(29)23-13-4-3-12(2)15(22)9-13/h3-4,9,11,14H,5-8,10H2,1-2H3,(H,23,29)(H2,24,25,26,28,30). The first-order valence-corrected chi connectivity index (χ1v) is 10.5. The van der Waals surface area contributed by atoms with Crippen LogP contribution >= 0.6 is 11.6 Å². The van der Waals surface area contributed by atoms with Crippen molar-refractivity contribution in [3.8, 4) is 0 Å². The fourth-order valence-corrected chi connectivity index (χ4v) is 4.03. The molecule has 3 N–H and O–H groups in total. The Morgan fingerprint density at radius 1 is 1.27 bits per heavy atom. The number of amides is 2. The molecule has 3 heterocycles. The van der Waals surface area contributed by atoms with Gasteiger partial charge in [-0.15, -0.1) is 0 Å². The molecule has 1 unspecified atom stereocenters. The highest BCUT2D eigenvalue weighted by Crippen LogP contribution is 2.31. The predicted octanol–water partition coefficient (Wildman–Crippen LogP) is 3.03. The normalized spacial score (nSPS) is 19.2. The smallest absolute Gasteiger partial charge is 0.258 e. The summed E-state index contributed by atoms with van der Waals surface area (Å²) in [5, 5.41) is 5.94. The lowest BCUT2D eigenvalue weighted by Crippen LogP contribution is -2.39. The molecule has 1 aromatic carbocycles. The number of benzene rings is 1. The number of nitrogens with one attached hydrogen (secondary N) is 3. The van der Waals surface area contributed by atoms with Gasteiger partial charge in [0.1, 0.15) is 5.82 Å². The van der Waals surface area contributed by atoms with E-state index in [0.717, 1.165) is 31.5 Å². The summed E-state index contributed by atoms with van der Waals surface area (Å²) >= 11 is 6.13. The third-order valence-electron chi connectivity index (χ3n) is 5.78. The maximum Gasteiger partial charge on any atom is 0.258 e. The van der Waals surface area contributed by atoms with E-state index in [0.29, 0.717) is 22.6 Å². The molecule has 2 aliphatic heterocycles. The molecule has 0 radical (unpaired) electrons. The van der Waals surface area contributed by atoms with Crippen LogP contribution in [0.15, 0.2) is 23.0 Å². The highest BCUT2D eigenvalue weighted by Gasteiger charge is 2.35. The SMILES string of the molecule is Cc1ccc(NC(=O)C2CC(=O)Nc3nc(N4CCC(C)CC4)[nH]c(=O)c32)cc1Cl. The topological polar surface area (TPSA) is 107 Å². The summed E-state index contributed by atoms with van der Waals surface area (Å²) in [6.45, 7) is 5.64. The minimum atomic E-state index is -0.930. The van der Waals surface area contributed by atoms with Crippen LogP contribution < -0.4 is 21.1 Å². The zero-order valence-electron chi connectivity index (χ0n) is 16.9. The van der Waals surface area contributed by atoms with Gasteiger partial charge in [-0.1, -0.05) is 24.6 Å². The van der Waals surface area contributed by atoms with Crippen molar-refractivity contribution in [2.24, 2.45) is 5.92 Å². The van der Waals surface area contributed by atoms with Crippen LogP contribution in [0.2, 0.25) is 5.02 Å². The van der Waals surface area contributed by atoms with E-state index < -0.39 is 17.4 Å². The monoisotopic (exact) mass is 429 g/mol. The minimum absolute atomic E-state index is 0.121. The number of aryl methyl sites for hydroxylation is 1. The van der Waals surface area contributed by atoms with Crippen molar-refractivity contribution in [1.29, 1.82) is 0 Å². The van der Waals surface area contributed by atoms with E-state index in [1.807, 2.05) is 11.8 Å². The lowest BCUT2D eigenvalue weighted by Gasteiger charge is -2.31. The van der Waals surface area contributed by atoms with Crippen molar-refractivity contribution in [3.63, 3.8) is 0 Å². The number of anilines is 3. The number of H-pyrrole nitrogens is 1. The van der Waals surface area contributed by atoms with E-state index in [9.17, 15) is 14.4 Å². The van der Waals surface area contributed by atoms with E-state index in [2.05, 4.69) is 27.5 Å². The summed E-state index contributed by atoms with van der Waals surface area (Å²) in [6.07, 6.45) is 1.90. The molecule has 0 aliphatic carbocycles. The van der Waals surface area contributed by atoms with Gasteiger partial charge in [0.2, 0.25) is 17.8 Å². The fraction of sp³-hybridized carbons (Fsp3) is 0.429. The second kappa shape index (κ2) is 8.10. The molecular weight excluding hydrogens is 406 g/mol. The van der Waals surface area contributed by atoms with Crippen molar-refractivity contribution < 1.29 is 9.59 Å². The Balaban J connectivity index is 1.62. The quantitative estimate of drug-likeness (QED) is 0.695. The molecule has 158 valence electrons. The average Bonchev–Trinajstić information content (AvgIpc) is 2.70. The number of aromatic amines is 1. The van der Waals surface area contributed by atoms with Crippen LogP contribution in [0.3, 0.4) is 0 Å². The summed E-state index contributed by atoms with van der Waals surface area (Å²) in [6, 6.07) is 5.16. The highest BCUT2D eigenvalue weighted by molar-refractivity contribution is 6.31. The molecule has 1 fully saturated rings. The van der Waals surface area contributed by atoms with Gasteiger partial charge in [0, 0.05) is 30.2 Å². The van der Waals surface area contributed by atoms with E-state index in [4.69, 9.17) is 11.6 Å². The van der Waals surface area contributed by atoms with E-state index >= 15 is 0 Å². The van der Waals surface area contributed by atoms with Crippen molar-refractivity contribution in [2.45, 2.75) is 39.0 Å². The Bertz CT molecular complexity index is 1060. The predicted molar refractivity (Wildman–Crippen MR) is 116 cm³/mol. The number of hydrogen-bond donors (Lipinski definition) is 3. The maximum absolute atomic E-state index is 12.9. The minimum Gasteiger partial charge on any atom is -0.342 e. The lowest BCUT2D eigenvalue weighted by atomic mass is 9.92. The lowest BCUT2D eigenvalue weighted by molar-refractivity contribution is -0.123. The molecule has 2 aliphatic rings. The molecule has 1 saturated heterocycles. The number of aromatic nitrogens is 2. The number of rotatable bonds is 3. The first kappa shape index (κ1) is 20.4. The summed E-state index contributed by atoms with van der Waals surface area (Å²) < 4.78 is 0. The van der Waals surface area contributed by atoms with Crippen molar-refractivity contribution in [1.82, 2.24) is 9.97 Å². The highest BCUT2D eigenvalue weighted by atomic mass is 35.5. The van der Waals surface area contributed by atoms with Gasteiger partial charge in [-0.2, -0.15) is 4.98 Å². The van der Waals surface area contributed by atoms with Gasteiger partial charge in [-0.3, -0.25) is 19.4 Å². The molecule has 9 heteroatoms. The van der Waals surface area contributed by atoms with Crippen LogP contribution in [0.4, 0.5) is 17.5 Å². The van der Waals surface area contributed by atoms with Gasteiger partial charge in [-0.05, 0) is 43.4 Å². The average molecular weight is 430 g/mol. The maximum atomic E-state index is 12.9. The van der Waals surface area contributed by atoms with Crippen molar-refractivity contribution in [2.75, 3.05) is 28.6 Å². The van der Waals surface area contributed by atoms with E-state index in [1.54, 1.807) is 18.2 Å². The molecule has 2 aromatic rings. The van der Waals surface area contributed by atoms with Gasteiger partial charge < -0.3 is 15.5 Å². The summed E-state index contributed by atoms with van der Waals surface area (Å²) in [4.78, 5) is 47.4. The Labute approximate surface area is 179 Å². The molecule has 30 heavy (non-hydrogen) atoms. The Kier molecular flexibility index (Phi) is 5.51.